The Bertz CT molecular complexity index is 755. The van der Waals surface area contributed by atoms with Crippen LogP contribution < -0.4 is 5.32 Å². The van der Waals surface area contributed by atoms with Gasteiger partial charge in [0.1, 0.15) is 0 Å². The van der Waals surface area contributed by atoms with Gasteiger partial charge in [-0.3, -0.25) is 0 Å². The zero-order valence-corrected chi connectivity index (χ0v) is 13.5. The molecular weight excluding hydrogens is 306 g/mol. The van der Waals surface area contributed by atoms with E-state index in [9.17, 15) is 8.42 Å². The number of rotatable bonds is 3. The fourth-order valence-corrected chi connectivity index (χ4v) is 5.40. The normalized spacial score (nSPS) is 19.2. The van der Waals surface area contributed by atoms with Gasteiger partial charge in [-0.25, -0.2) is 13.4 Å². The molecule has 0 bridgehead atoms. The van der Waals surface area contributed by atoms with Crippen LogP contribution in [-0.2, 0) is 16.4 Å². The van der Waals surface area contributed by atoms with Crippen molar-refractivity contribution in [3.8, 4) is 0 Å². The molecule has 0 radical (unpaired) electrons. The fraction of sp³-hybridized carbons (Fsp3) is 0.357. The van der Waals surface area contributed by atoms with Crippen molar-refractivity contribution in [3.63, 3.8) is 0 Å². The average Bonchev–Trinajstić information content (AvgIpc) is 2.96. The molecule has 1 unspecified atom stereocenters. The van der Waals surface area contributed by atoms with Crippen LogP contribution in [0.1, 0.15) is 23.4 Å². The van der Waals surface area contributed by atoms with Crippen molar-refractivity contribution in [1.82, 2.24) is 9.29 Å². The predicted molar refractivity (Wildman–Crippen MR) is 84.1 cm³/mol. The van der Waals surface area contributed by atoms with E-state index in [0.717, 1.165) is 12.0 Å². The molecule has 1 aliphatic heterocycles. The number of pyridine rings is 1. The molecule has 112 valence electrons. The smallest absolute Gasteiger partial charge is 0.263 e. The Hall–Kier alpha value is -1.44. The maximum absolute atomic E-state index is 12.9. The van der Waals surface area contributed by atoms with Crippen LogP contribution in [-0.4, -0.2) is 31.3 Å². The zero-order chi connectivity index (χ0) is 15.0. The Labute approximate surface area is 128 Å². The van der Waals surface area contributed by atoms with Gasteiger partial charge >= 0.3 is 0 Å². The van der Waals surface area contributed by atoms with Crippen LogP contribution in [0.4, 0.5) is 5.69 Å². The highest BCUT2D eigenvalue weighted by Gasteiger charge is 2.36. The van der Waals surface area contributed by atoms with Gasteiger partial charge in [-0.1, -0.05) is 0 Å². The molecule has 3 heterocycles. The number of fused-ring (bicyclic) bond motifs is 1. The molecule has 0 saturated carbocycles. The second-order valence-corrected chi connectivity index (χ2v) is 7.75. The minimum Gasteiger partial charge on any atom is -0.386 e. The van der Waals surface area contributed by atoms with E-state index in [0.29, 0.717) is 12.2 Å². The minimum absolute atomic E-state index is 0.0954. The highest BCUT2D eigenvalue weighted by Crippen LogP contribution is 2.36. The molecule has 1 atom stereocenters. The van der Waals surface area contributed by atoms with Crippen molar-refractivity contribution in [1.29, 1.82) is 0 Å². The topological polar surface area (TPSA) is 62.3 Å². The summed E-state index contributed by atoms with van der Waals surface area (Å²) in [6.45, 7) is 2.43. The first kappa shape index (κ1) is 14.5. The SMILES string of the molecule is CNc1cccnc1S(=O)(=O)N1CCc2sccc2C1C. The van der Waals surface area contributed by atoms with Crippen molar-refractivity contribution in [2.24, 2.45) is 0 Å². The summed E-state index contributed by atoms with van der Waals surface area (Å²) in [7, 11) is -1.91. The van der Waals surface area contributed by atoms with Gasteiger partial charge < -0.3 is 5.32 Å². The molecule has 0 amide bonds. The van der Waals surface area contributed by atoms with Gasteiger partial charge in [-0.05, 0) is 42.5 Å². The summed E-state index contributed by atoms with van der Waals surface area (Å²) in [5, 5.41) is 5.02. The predicted octanol–water partition coefficient (Wildman–Crippen LogP) is 2.49. The first-order valence-electron chi connectivity index (χ1n) is 6.76. The van der Waals surface area contributed by atoms with Crippen LogP contribution in [0.25, 0.3) is 0 Å². The maximum atomic E-state index is 12.9. The second-order valence-electron chi connectivity index (χ2n) is 4.95. The fourth-order valence-electron chi connectivity index (χ4n) is 2.71. The lowest BCUT2D eigenvalue weighted by Crippen LogP contribution is -2.38. The first-order valence-corrected chi connectivity index (χ1v) is 9.08. The van der Waals surface area contributed by atoms with E-state index in [-0.39, 0.29) is 11.1 Å². The van der Waals surface area contributed by atoms with Crippen molar-refractivity contribution >= 4 is 27.0 Å². The lowest BCUT2D eigenvalue weighted by molar-refractivity contribution is 0.328. The monoisotopic (exact) mass is 323 g/mol. The summed E-state index contributed by atoms with van der Waals surface area (Å²) in [6.07, 6.45) is 2.27. The Morgan fingerprint density at radius 2 is 2.24 bits per heavy atom. The van der Waals surface area contributed by atoms with E-state index in [1.54, 1.807) is 34.8 Å². The summed E-state index contributed by atoms with van der Waals surface area (Å²) in [5.41, 5.74) is 1.64. The molecule has 0 fully saturated rings. The Morgan fingerprint density at radius 1 is 1.43 bits per heavy atom. The van der Waals surface area contributed by atoms with E-state index in [1.807, 2.05) is 18.4 Å². The van der Waals surface area contributed by atoms with E-state index in [4.69, 9.17) is 0 Å². The van der Waals surface area contributed by atoms with E-state index >= 15 is 0 Å². The summed E-state index contributed by atoms with van der Waals surface area (Å²) in [5.74, 6) is 0. The molecule has 1 N–H and O–H groups in total. The van der Waals surface area contributed by atoms with Gasteiger partial charge in [-0.15, -0.1) is 11.3 Å². The lowest BCUT2D eigenvalue weighted by atomic mass is 10.0. The number of nitrogens with one attached hydrogen (secondary N) is 1. The quantitative estimate of drug-likeness (QED) is 0.942. The van der Waals surface area contributed by atoms with Gasteiger partial charge in [0.25, 0.3) is 10.0 Å². The third-order valence-electron chi connectivity index (χ3n) is 3.81. The van der Waals surface area contributed by atoms with Gasteiger partial charge in [0, 0.05) is 30.7 Å². The molecule has 3 rings (SSSR count). The average molecular weight is 323 g/mol. The zero-order valence-electron chi connectivity index (χ0n) is 11.9. The molecule has 2 aromatic heterocycles. The molecular formula is C14H17N3O2S2. The number of nitrogens with zero attached hydrogens (tertiary/aromatic N) is 2. The van der Waals surface area contributed by atoms with Gasteiger partial charge in [0.15, 0.2) is 5.03 Å². The molecule has 2 aromatic rings. The Balaban J connectivity index is 2.04. The molecule has 0 spiro atoms. The van der Waals surface area contributed by atoms with Crippen LogP contribution in [0.5, 0.6) is 0 Å². The first-order chi connectivity index (χ1) is 10.1. The maximum Gasteiger partial charge on any atom is 0.263 e. The summed E-state index contributed by atoms with van der Waals surface area (Å²) >= 11 is 1.70. The number of hydrogen-bond donors (Lipinski definition) is 1. The van der Waals surface area contributed by atoms with Crippen LogP contribution in [0.3, 0.4) is 0 Å². The van der Waals surface area contributed by atoms with Crippen LogP contribution >= 0.6 is 11.3 Å². The number of aromatic nitrogens is 1. The van der Waals surface area contributed by atoms with Crippen molar-refractivity contribution < 1.29 is 8.42 Å². The van der Waals surface area contributed by atoms with Crippen LogP contribution in [0, 0.1) is 0 Å². The Morgan fingerprint density at radius 3 is 3.00 bits per heavy atom. The summed E-state index contributed by atoms with van der Waals surface area (Å²) < 4.78 is 27.4. The van der Waals surface area contributed by atoms with Crippen LogP contribution in [0.2, 0.25) is 0 Å². The third kappa shape index (κ3) is 2.35. The summed E-state index contributed by atoms with van der Waals surface area (Å²) in [6, 6.07) is 5.31. The van der Waals surface area contributed by atoms with Crippen LogP contribution in [0.15, 0.2) is 34.8 Å². The van der Waals surface area contributed by atoms with Gasteiger partial charge in [0.2, 0.25) is 0 Å². The van der Waals surface area contributed by atoms with E-state index in [2.05, 4.69) is 10.3 Å². The highest BCUT2D eigenvalue weighted by molar-refractivity contribution is 7.89. The third-order valence-corrected chi connectivity index (χ3v) is 6.74. The summed E-state index contributed by atoms with van der Waals surface area (Å²) in [4.78, 5) is 5.37. The number of anilines is 1. The van der Waals surface area contributed by atoms with Crippen molar-refractivity contribution in [2.45, 2.75) is 24.4 Å². The molecule has 1 aliphatic rings. The molecule has 0 aliphatic carbocycles. The van der Waals surface area contributed by atoms with Gasteiger partial charge in [-0.2, -0.15) is 4.31 Å². The van der Waals surface area contributed by atoms with E-state index in [1.165, 1.54) is 11.1 Å². The Kier molecular flexibility index (Phi) is 3.73. The minimum atomic E-state index is -3.61. The molecule has 0 aromatic carbocycles. The highest BCUT2D eigenvalue weighted by atomic mass is 32.2. The number of hydrogen-bond acceptors (Lipinski definition) is 5. The van der Waals surface area contributed by atoms with E-state index < -0.39 is 10.0 Å². The largest absolute Gasteiger partial charge is 0.386 e. The molecule has 0 saturated heterocycles. The molecule has 21 heavy (non-hydrogen) atoms. The number of thiophene rings is 1. The standard InChI is InChI=1S/C14H17N3O2S2/c1-10-11-6-9-20-13(11)5-8-17(10)21(18,19)14-12(15-2)4-3-7-16-14/h3-4,6-7,9-10,15H,5,8H2,1-2H3. The van der Waals surface area contributed by atoms with Gasteiger partial charge in [0.05, 0.1) is 5.69 Å². The van der Waals surface area contributed by atoms with Crippen molar-refractivity contribution in [3.05, 3.63) is 40.2 Å². The molecule has 7 heteroatoms. The second kappa shape index (κ2) is 5.40. The van der Waals surface area contributed by atoms with Crippen molar-refractivity contribution in [2.75, 3.05) is 18.9 Å². The molecule has 5 nitrogen and oxygen atoms in total. The lowest BCUT2D eigenvalue weighted by Gasteiger charge is -2.32. The number of sulfonamides is 1.